The van der Waals surface area contributed by atoms with Gasteiger partial charge in [-0.2, -0.15) is 0 Å². The van der Waals surface area contributed by atoms with Gasteiger partial charge < -0.3 is 14.5 Å². The largest absolute Gasteiger partial charge is 0.444 e. The number of hydrogen-bond acceptors (Lipinski definition) is 4. The summed E-state index contributed by atoms with van der Waals surface area (Å²) in [5.74, 6) is 0.567. The lowest BCUT2D eigenvalue weighted by molar-refractivity contribution is 0.0937. The maximum Gasteiger partial charge on any atom is 0.251 e. The number of rotatable bonds is 5. The molecule has 0 saturated carbocycles. The molecular weight excluding hydrogens is 232 g/mol. The second-order valence-electron chi connectivity index (χ2n) is 3.69. The summed E-state index contributed by atoms with van der Waals surface area (Å²) in [6.07, 6.45) is 3.01. The van der Waals surface area contributed by atoms with E-state index in [1.807, 2.05) is 12.1 Å². The lowest BCUT2D eigenvalue weighted by Gasteiger charge is -2.04. The van der Waals surface area contributed by atoms with Crippen molar-refractivity contribution in [2.24, 2.45) is 0 Å². The number of oxazole rings is 1. The molecule has 1 heterocycles. The molecule has 0 aliphatic carbocycles. The molecule has 1 aromatic heterocycles. The minimum atomic E-state index is -0.115. The molecule has 94 valence electrons. The molecule has 0 aliphatic heterocycles. The highest BCUT2D eigenvalue weighted by molar-refractivity contribution is 5.94. The van der Waals surface area contributed by atoms with Gasteiger partial charge in [0.15, 0.2) is 12.2 Å². The van der Waals surface area contributed by atoms with E-state index in [0.717, 1.165) is 5.56 Å². The fourth-order valence-electron chi connectivity index (χ4n) is 1.51. The molecule has 0 bridgehead atoms. The molecule has 1 aromatic carbocycles. The summed E-state index contributed by atoms with van der Waals surface area (Å²) < 4.78 is 10.0. The monoisotopic (exact) mass is 246 g/mol. The zero-order valence-electron chi connectivity index (χ0n) is 10.1. The van der Waals surface area contributed by atoms with Crippen LogP contribution in [0.5, 0.6) is 0 Å². The number of nitrogens with one attached hydrogen (secondary N) is 1. The van der Waals surface area contributed by atoms with Crippen LogP contribution in [0.3, 0.4) is 0 Å². The predicted octanol–water partition coefficient (Wildman–Crippen LogP) is 1.72. The van der Waals surface area contributed by atoms with Gasteiger partial charge >= 0.3 is 0 Å². The van der Waals surface area contributed by atoms with Crippen molar-refractivity contribution in [1.82, 2.24) is 10.3 Å². The number of methoxy groups -OCH3 is 1. The van der Waals surface area contributed by atoms with E-state index in [9.17, 15) is 4.79 Å². The summed E-state index contributed by atoms with van der Waals surface area (Å²) in [5, 5.41) is 2.75. The van der Waals surface area contributed by atoms with Gasteiger partial charge in [-0.25, -0.2) is 4.98 Å². The Labute approximate surface area is 105 Å². The van der Waals surface area contributed by atoms with Crippen molar-refractivity contribution in [3.05, 3.63) is 42.4 Å². The van der Waals surface area contributed by atoms with Crippen LogP contribution in [-0.2, 0) is 4.74 Å². The van der Waals surface area contributed by atoms with E-state index in [0.29, 0.717) is 24.5 Å². The maximum absolute atomic E-state index is 11.7. The zero-order valence-corrected chi connectivity index (χ0v) is 10.1. The van der Waals surface area contributed by atoms with Crippen molar-refractivity contribution >= 4 is 5.91 Å². The standard InChI is InChI=1S/C13H14N2O3/c1-17-7-6-15-13(16)11-4-2-10(3-5-11)12-8-14-9-18-12/h2-5,8-9H,6-7H2,1H3,(H,15,16). The molecule has 2 aromatic rings. The third kappa shape index (κ3) is 2.95. The fraction of sp³-hybridized carbons (Fsp3) is 0.231. The first kappa shape index (κ1) is 12.3. The van der Waals surface area contributed by atoms with Crippen molar-refractivity contribution in [3.8, 4) is 11.3 Å². The van der Waals surface area contributed by atoms with Crippen molar-refractivity contribution in [3.63, 3.8) is 0 Å². The average Bonchev–Trinajstić information content (AvgIpc) is 2.93. The van der Waals surface area contributed by atoms with E-state index < -0.39 is 0 Å². The predicted molar refractivity (Wildman–Crippen MR) is 66.1 cm³/mol. The van der Waals surface area contributed by atoms with E-state index in [2.05, 4.69) is 10.3 Å². The molecule has 2 rings (SSSR count). The Morgan fingerprint density at radius 3 is 2.78 bits per heavy atom. The average molecular weight is 246 g/mol. The molecule has 1 amide bonds. The van der Waals surface area contributed by atoms with E-state index >= 15 is 0 Å². The highest BCUT2D eigenvalue weighted by Gasteiger charge is 2.06. The van der Waals surface area contributed by atoms with E-state index in [1.54, 1.807) is 25.4 Å². The number of carbonyl (C=O) groups excluding carboxylic acids is 1. The molecule has 0 unspecified atom stereocenters. The third-order valence-electron chi connectivity index (χ3n) is 2.46. The number of ether oxygens (including phenoxy) is 1. The van der Waals surface area contributed by atoms with Crippen LogP contribution in [0.15, 0.2) is 41.3 Å². The number of nitrogens with zero attached hydrogens (tertiary/aromatic N) is 1. The number of hydrogen-bond donors (Lipinski definition) is 1. The molecule has 1 N–H and O–H groups in total. The molecule has 5 heteroatoms. The molecule has 0 spiro atoms. The van der Waals surface area contributed by atoms with Crippen LogP contribution >= 0.6 is 0 Å². The van der Waals surface area contributed by atoms with Gasteiger partial charge in [-0.05, 0) is 12.1 Å². The Kier molecular flexibility index (Phi) is 4.09. The van der Waals surface area contributed by atoms with Gasteiger partial charge in [0, 0.05) is 24.8 Å². The number of benzene rings is 1. The van der Waals surface area contributed by atoms with Crippen LogP contribution in [0.25, 0.3) is 11.3 Å². The van der Waals surface area contributed by atoms with Crippen LogP contribution < -0.4 is 5.32 Å². The fourth-order valence-corrected chi connectivity index (χ4v) is 1.51. The molecule has 0 fully saturated rings. The van der Waals surface area contributed by atoms with Crippen LogP contribution in [0.1, 0.15) is 10.4 Å². The highest BCUT2D eigenvalue weighted by atomic mass is 16.5. The van der Waals surface area contributed by atoms with Gasteiger partial charge in [-0.15, -0.1) is 0 Å². The second kappa shape index (κ2) is 5.97. The number of amides is 1. The Balaban J connectivity index is 2.01. The summed E-state index contributed by atoms with van der Waals surface area (Å²) in [4.78, 5) is 15.6. The topological polar surface area (TPSA) is 64.4 Å². The summed E-state index contributed by atoms with van der Waals surface area (Å²) in [6, 6.07) is 7.15. The Morgan fingerprint density at radius 2 is 2.17 bits per heavy atom. The molecule has 0 atom stereocenters. The van der Waals surface area contributed by atoms with E-state index in [1.165, 1.54) is 6.39 Å². The van der Waals surface area contributed by atoms with Crippen LogP contribution in [-0.4, -0.2) is 31.2 Å². The lowest BCUT2D eigenvalue weighted by atomic mass is 10.1. The molecule has 18 heavy (non-hydrogen) atoms. The summed E-state index contributed by atoms with van der Waals surface area (Å²) in [5.41, 5.74) is 1.50. The van der Waals surface area contributed by atoms with Gasteiger partial charge in [0.25, 0.3) is 5.91 Å². The van der Waals surface area contributed by atoms with Crippen LogP contribution in [0.2, 0.25) is 0 Å². The van der Waals surface area contributed by atoms with Gasteiger partial charge in [-0.3, -0.25) is 4.79 Å². The lowest BCUT2D eigenvalue weighted by Crippen LogP contribution is -2.26. The number of aromatic nitrogens is 1. The highest BCUT2D eigenvalue weighted by Crippen LogP contribution is 2.18. The van der Waals surface area contributed by atoms with Crippen molar-refractivity contribution in [1.29, 1.82) is 0 Å². The smallest absolute Gasteiger partial charge is 0.251 e. The molecule has 0 saturated heterocycles. The molecule has 0 aliphatic rings. The van der Waals surface area contributed by atoms with Crippen molar-refractivity contribution in [2.75, 3.05) is 20.3 Å². The third-order valence-corrected chi connectivity index (χ3v) is 2.46. The number of carbonyl (C=O) groups is 1. The quantitative estimate of drug-likeness (QED) is 0.816. The molecule has 5 nitrogen and oxygen atoms in total. The second-order valence-corrected chi connectivity index (χ2v) is 3.69. The van der Waals surface area contributed by atoms with Crippen molar-refractivity contribution in [2.45, 2.75) is 0 Å². The van der Waals surface area contributed by atoms with Crippen LogP contribution in [0.4, 0.5) is 0 Å². The van der Waals surface area contributed by atoms with E-state index in [4.69, 9.17) is 9.15 Å². The first-order valence-electron chi connectivity index (χ1n) is 5.57. The van der Waals surface area contributed by atoms with Gasteiger partial charge in [0.2, 0.25) is 0 Å². The first-order chi connectivity index (χ1) is 8.81. The Hall–Kier alpha value is -2.14. The normalized spacial score (nSPS) is 10.3. The first-order valence-corrected chi connectivity index (χ1v) is 5.57. The summed E-state index contributed by atoms with van der Waals surface area (Å²) in [6.45, 7) is 1.00. The van der Waals surface area contributed by atoms with E-state index in [-0.39, 0.29) is 5.91 Å². The van der Waals surface area contributed by atoms with Gasteiger partial charge in [0.1, 0.15) is 0 Å². The Bertz CT molecular complexity index is 491. The zero-order chi connectivity index (χ0) is 12.8. The van der Waals surface area contributed by atoms with Gasteiger partial charge in [0.05, 0.1) is 12.8 Å². The molecular formula is C13H14N2O3. The van der Waals surface area contributed by atoms with Crippen molar-refractivity contribution < 1.29 is 13.9 Å². The SMILES string of the molecule is COCCNC(=O)c1ccc(-c2cnco2)cc1. The Morgan fingerprint density at radius 1 is 1.39 bits per heavy atom. The summed E-state index contributed by atoms with van der Waals surface area (Å²) in [7, 11) is 1.60. The minimum Gasteiger partial charge on any atom is -0.444 e. The van der Waals surface area contributed by atoms with Gasteiger partial charge in [-0.1, -0.05) is 12.1 Å². The molecule has 0 radical (unpaired) electrons. The minimum absolute atomic E-state index is 0.115. The maximum atomic E-state index is 11.7. The van der Waals surface area contributed by atoms with Crippen LogP contribution in [0, 0.1) is 0 Å². The summed E-state index contributed by atoms with van der Waals surface area (Å²) >= 11 is 0.